The maximum Gasteiger partial charge on any atom is 0.231 e. The number of carbonyl (C=O) groups is 1. The maximum atomic E-state index is 12.9. The fraction of sp³-hybridized carbons (Fsp3) is 0.167. The highest BCUT2D eigenvalue weighted by molar-refractivity contribution is 6.15. The standard InChI is InChI=1S/C24H20N2O4/c1-28-20-5-3-2-4-17(20)13-26-14-19-21(29-15-26)7-6-18-23(27)22(30-24(18)19)12-16-8-10-25-11-9-16/h2-12H,13-15H2,1H3. The zero-order valence-corrected chi connectivity index (χ0v) is 16.5. The molecule has 0 spiro atoms. The van der Waals surface area contributed by atoms with Crippen LogP contribution in [0.4, 0.5) is 0 Å². The van der Waals surface area contributed by atoms with Crippen LogP contribution >= 0.6 is 0 Å². The molecule has 0 saturated heterocycles. The van der Waals surface area contributed by atoms with E-state index in [1.165, 1.54) is 0 Å². The number of ether oxygens (including phenoxy) is 3. The number of nitrogens with zero attached hydrogens (tertiary/aromatic N) is 2. The average Bonchev–Trinajstić information content (AvgIpc) is 3.10. The summed E-state index contributed by atoms with van der Waals surface area (Å²) in [6.45, 7) is 1.74. The molecule has 0 amide bonds. The van der Waals surface area contributed by atoms with Gasteiger partial charge in [0.1, 0.15) is 24.0 Å². The van der Waals surface area contributed by atoms with Crippen molar-refractivity contribution in [1.29, 1.82) is 0 Å². The van der Waals surface area contributed by atoms with Gasteiger partial charge in [0.2, 0.25) is 5.78 Å². The zero-order valence-electron chi connectivity index (χ0n) is 16.5. The third-order valence-electron chi connectivity index (χ3n) is 5.27. The van der Waals surface area contributed by atoms with Gasteiger partial charge in [-0.15, -0.1) is 0 Å². The van der Waals surface area contributed by atoms with Crippen LogP contribution in [-0.4, -0.2) is 29.5 Å². The first-order valence-corrected chi connectivity index (χ1v) is 9.70. The minimum Gasteiger partial charge on any atom is -0.496 e. The van der Waals surface area contributed by atoms with E-state index in [-0.39, 0.29) is 5.78 Å². The molecule has 6 heteroatoms. The highest BCUT2D eigenvalue weighted by Gasteiger charge is 2.33. The highest BCUT2D eigenvalue weighted by Crippen LogP contribution is 2.42. The summed E-state index contributed by atoms with van der Waals surface area (Å²) in [7, 11) is 1.67. The van der Waals surface area contributed by atoms with Gasteiger partial charge in [0.25, 0.3) is 0 Å². The number of benzene rings is 2. The molecular formula is C24H20N2O4. The summed E-state index contributed by atoms with van der Waals surface area (Å²) in [5.74, 6) is 2.37. The Balaban J connectivity index is 1.43. The number of hydrogen-bond acceptors (Lipinski definition) is 6. The predicted molar refractivity (Wildman–Crippen MR) is 111 cm³/mol. The summed E-state index contributed by atoms with van der Waals surface area (Å²) in [5, 5.41) is 0. The molecule has 2 aliphatic rings. The van der Waals surface area contributed by atoms with Gasteiger partial charge in [-0.2, -0.15) is 0 Å². The minimum absolute atomic E-state index is 0.119. The molecule has 150 valence electrons. The summed E-state index contributed by atoms with van der Waals surface area (Å²) in [4.78, 5) is 19.0. The van der Waals surface area contributed by atoms with Gasteiger partial charge in [-0.05, 0) is 42.0 Å². The Bertz CT molecular complexity index is 1140. The van der Waals surface area contributed by atoms with Gasteiger partial charge >= 0.3 is 0 Å². The summed E-state index contributed by atoms with van der Waals surface area (Å²) >= 11 is 0. The Hall–Kier alpha value is -3.64. The first kappa shape index (κ1) is 18.4. The topological polar surface area (TPSA) is 60.9 Å². The number of hydrogen-bond donors (Lipinski definition) is 0. The number of methoxy groups -OCH3 is 1. The Morgan fingerprint density at radius 1 is 1.13 bits per heavy atom. The molecule has 6 nitrogen and oxygen atoms in total. The molecule has 2 aliphatic heterocycles. The van der Waals surface area contributed by atoms with Crippen LogP contribution in [0, 0.1) is 0 Å². The number of ketones is 1. The van der Waals surface area contributed by atoms with E-state index in [1.807, 2.05) is 42.5 Å². The molecule has 5 rings (SSSR count). The van der Waals surface area contributed by atoms with Crippen molar-refractivity contribution in [3.63, 3.8) is 0 Å². The van der Waals surface area contributed by atoms with Gasteiger partial charge in [-0.1, -0.05) is 18.2 Å². The van der Waals surface area contributed by atoms with E-state index in [2.05, 4.69) is 9.88 Å². The van der Waals surface area contributed by atoms with Gasteiger partial charge in [-0.3, -0.25) is 14.7 Å². The van der Waals surface area contributed by atoms with Crippen LogP contribution in [-0.2, 0) is 13.1 Å². The van der Waals surface area contributed by atoms with Crippen LogP contribution in [0.5, 0.6) is 17.2 Å². The lowest BCUT2D eigenvalue weighted by molar-refractivity contribution is 0.0865. The molecule has 0 aliphatic carbocycles. The molecule has 0 bridgehead atoms. The number of Topliss-reactive ketones (excluding diaryl/α,β-unsaturated/α-hetero) is 1. The van der Waals surface area contributed by atoms with Gasteiger partial charge in [0, 0.05) is 31.0 Å². The van der Waals surface area contributed by atoms with Crippen LogP contribution < -0.4 is 14.2 Å². The molecule has 2 aromatic carbocycles. The van der Waals surface area contributed by atoms with Crippen molar-refractivity contribution in [1.82, 2.24) is 9.88 Å². The molecule has 3 heterocycles. The van der Waals surface area contributed by atoms with Gasteiger partial charge in [-0.25, -0.2) is 0 Å². The van der Waals surface area contributed by atoms with Crippen molar-refractivity contribution in [3.8, 4) is 17.2 Å². The quantitative estimate of drug-likeness (QED) is 0.616. The Morgan fingerprint density at radius 2 is 1.97 bits per heavy atom. The SMILES string of the molecule is COc1ccccc1CN1COc2ccc3c(c2C1)OC(=Cc1ccncc1)C3=O. The molecule has 0 unspecified atom stereocenters. The molecule has 0 radical (unpaired) electrons. The monoisotopic (exact) mass is 400 g/mol. The van der Waals surface area contributed by atoms with E-state index < -0.39 is 0 Å². The van der Waals surface area contributed by atoms with E-state index in [9.17, 15) is 4.79 Å². The van der Waals surface area contributed by atoms with E-state index >= 15 is 0 Å². The number of pyridine rings is 1. The van der Waals surface area contributed by atoms with Crippen LogP contribution in [0.2, 0.25) is 0 Å². The predicted octanol–water partition coefficient (Wildman–Crippen LogP) is 4.06. The second kappa shape index (κ2) is 7.65. The Morgan fingerprint density at radius 3 is 2.80 bits per heavy atom. The number of allylic oxidation sites excluding steroid dienone is 1. The number of aromatic nitrogens is 1. The second-order valence-electron chi connectivity index (χ2n) is 7.21. The first-order chi connectivity index (χ1) is 14.7. The van der Waals surface area contributed by atoms with Gasteiger partial charge in [0.05, 0.1) is 18.2 Å². The van der Waals surface area contributed by atoms with Crippen molar-refractivity contribution in [2.24, 2.45) is 0 Å². The van der Waals surface area contributed by atoms with Crippen molar-refractivity contribution in [3.05, 3.63) is 88.9 Å². The molecule has 0 fully saturated rings. The van der Waals surface area contributed by atoms with Crippen LogP contribution in [0.3, 0.4) is 0 Å². The van der Waals surface area contributed by atoms with Gasteiger partial charge < -0.3 is 14.2 Å². The lowest BCUT2D eigenvalue weighted by atomic mass is 10.0. The van der Waals surface area contributed by atoms with Crippen LogP contribution in [0.1, 0.15) is 27.0 Å². The number of para-hydroxylation sites is 1. The average molecular weight is 400 g/mol. The third kappa shape index (κ3) is 3.31. The summed E-state index contributed by atoms with van der Waals surface area (Å²) in [5.41, 5.74) is 3.40. The van der Waals surface area contributed by atoms with E-state index in [0.29, 0.717) is 36.9 Å². The molecule has 0 saturated carbocycles. The molecule has 0 atom stereocenters. The van der Waals surface area contributed by atoms with Crippen LogP contribution in [0.25, 0.3) is 6.08 Å². The van der Waals surface area contributed by atoms with E-state index in [4.69, 9.17) is 14.2 Å². The fourth-order valence-electron chi connectivity index (χ4n) is 3.79. The molecule has 0 N–H and O–H groups in total. The molecule has 3 aromatic rings. The number of rotatable bonds is 4. The number of fused-ring (bicyclic) bond motifs is 3. The maximum absolute atomic E-state index is 12.9. The largest absolute Gasteiger partial charge is 0.496 e. The number of carbonyl (C=O) groups excluding carboxylic acids is 1. The summed E-state index contributed by atoms with van der Waals surface area (Å²) < 4.78 is 17.5. The third-order valence-corrected chi connectivity index (χ3v) is 5.27. The Labute approximate surface area is 174 Å². The second-order valence-corrected chi connectivity index (χ2v) is 7.21. The normalized spacial score (nSPS) is 16.6. The van der Waals surface area contributed by atoms with Crippen molar-refractivity contribution < 1.29 is 19.0 Å². The fourth-order valence-corrected chi connectivity index (χ4v) is 3.79. The molecule has 1 aromatic heterocycles. The lowest BCUT2D eigenvalue weighted by Gasteiger charge is -2.30. The molecular weight excluding hydrogens is 380 g/mol. The Kier molecular flexibility index (Phi) is 4.69. The smallest absolute Gasteiger partial charge is 0.231 e. The molecule has 30 heavy (non-hydrogen) atoms. The van der Waals surface area contributed by atoms with Crippen molar-refractivity contribution in [2.75, 3.05) is 13.8 Å². The van der Waals surface area contributed by atoms with Crippen molar-refractivity contribution in [2.45, 2.75) is 13.1 Å². The lowest BCUT2D eigenvalue weighted by Crippen LogP contribution is -2.31. The van der Waals surface area contributed by atoms with Crippen LogP contribution in [0.15, 0.2) is 66.7 Å². The first-order valence-electron chi connectivity index (χ1n) is 9.70. The summed E-state index contributed by atoms with van der Waals surface area (Å²) in [6.07, 6.45) is 5.11. The minimum atomic E-state index is -0.119. The van der Waals surface area contributed by atoms with E-state index in [0.717, 1.165) is 28.2 Å². The zero-order chi connectivity index (χ0) is 20.5. The summed E-state index contributed by atoms with van der Waals surface area (Å²) in [6, 6.07) is 15.2. The highest BCUT2D eigenvalue weighted by atomic mass is 16.5. The van der Waals surface area contributed by atoms with Gasteiger partial charge in [0.15, 0.2) is 5.76 Å². The van der Waals surface area contributed by atoms with Crippen molar-refractivity contribution >= 4 is 11.9 Å². The van der Waals surface area contributed by atoms with E-state index in [1.54, 1.807) is 31.6 Å².